The second-order valence-corrected chi connectivity index (χ2v) is 8.10. The minimum absolute atomic E-state index is 0.177. The number of carbonyl (C=O) groups is 1. The van der Waals surface area contributed by atoms with Gasteiger partial charge in [0.15, 0.2) is 0 Å². The molecule has 2 aromatic rings. The number of nitrogens with two attached hydrogens (primary N) is 1. The second kappa shape index (κ2) is 12.7. The molecule has 2 amide bonds. The molecule has 0 spiro atoms. The highest BCUT2D eigenvalue weighted by Crippen LogP contribution is 2.20. The summed E-state index contributed by atoms with van der Waals surface area (Å²) in [4.78, 5) is 17.2. The van der Waals surface area contributed by atoms with Crippen molar-refractivity contribution in [1.82, 2.24) is 15.1 Å². The third-order valence-corrected chi connectivity index (χ3v) is 5.43. The van der Waals surface area contributed by atoms with Gasteiger partial charge in [-0.1, -0.05) is 24.8 Å². The molecular weight excluding hydrogens is 418 g/mol. The topological polar surface area (TPSA) is 92.1 Å². The van der Waals surface area contributed by atoms with E-state index in [9.17, 15) is 4.79 Å². The molecule has 0 saturated carbocycles. The molecule has 8 nitrogen and oxygen atoms in total. The lowest BCUT2D eigenvalue weighted by molar-refractivity contribution is 0.205. The van der Waals surface area contributed by atoms with Crippen LogP contribution in [0.25, 0.3) is 0 Å². The molecule has 0 aliphatic carbocycles. The number of nitrogens with zero attached hydrogens (tertiary/aromatic N) is 2. The number of piperazine rings is 1. The number of benzene rings is 2. The van der Waals surface area contributed by atoms with Gasteiger partial charge >= 0.3 is 6.03 Å². The van der Waals surface area contributed by atoms with Gasteiger partial charge in [-0.05, 0) is 36.3 Å². The van der Waals surface area contributed by atoms with E-state index in [0.717, 1.165) is 38.3 Å². The van der Waals surface area contributed by atoms with Crippen LogP contribution in [0.1, 0.15) is 6.42 Å². The van der Waals surface area contributed by atoms with Crippen LogP contribution in [0.3, 0.4) is 0 Å². The average molecular weight is 454 g/mol. The van der Waals surface area contributed by atoms with Crippen molar-refractivity contribution in [3.63, 3.8) is 0 Å². The lowest BCUT2D eigenvalue weighted by atomic mass is 10.2. The number of anilines is 2. The number of urea groups is 1. The van der Waals surface area contributed by atoms with E-state index in [1.807, 2.05) is 42.5 Å². The van der Waals surface area contributed by atoms with Crippen molar-refractivity contribution in [2.24, 2.45) is 0 Å². The van der Waals surface area contributed by atoms with Crippen molar-refractivity contribution in [1.29, 1.82) is 0 Å². The number of nitrogens with one attached hydrogen (secondary N) is 2. The maximum atomic E-state index is 13.1. The van der Waals surface area contributed by atoms with Gasteiger partial charge in [0.05, 0.1) is 19.4 Å². The standard InChI is InChI=1S/C25H35N5O3/c1-20(18-29-14-11-27-12-15-29)19-30(13-6-16-33-24-10-4-3-9-23(24)26)25(31)28-21-7-5-8-22(17-21)32-2/h3-5,7-10,17,27H,1,6,11-16,18-19,26H2,2H3,(H,28,31). The van der Waals surface area contributed by atoms with Crippen molar-refractivity contribution >= 4 is 17.4 Å². The number of nitrogen functional groups attached to an aromatic ring is 1. The first-order valence-electron chi connectivity index (χ1n) is 11.3. The number of rotatable bonds is 11. The minimum atomic E-state index is -0.177. The van der Waals surface area contributed by atoms with E-state index >= 15 is 0 Å². The fourth-order valence-electron chi connectivity index (χ4n) is 3.71. The smallest absolute Gasteiger partial charge is 0.322 e. The zero-order chi connectivity index (χ0) is 23.5. The second-order valence-electron chi connectivity index (χ2n) is 8.10. The summed E-state index contributed by atoms with van der Waals surface area (Å²) in [6, 6.07) is 14.6. The van der Waals surface area contributed by atoms with E-state index < -0.39 is 0 Å². The molecular formula is C25H35N5O3. The lowest BCUT2D eigenvalue weighted by Gasteiger charge is -2.30. The van der Waals surface area contributed by atoms with Crippen LogP contribution in [0.5, 0.6) is 11.5 Å². The number of hydrogen-bond acceptors (Lipinski definition) is 6. The number of para-hydroxylation sites is 2. The van der Waals surface area contributed by atoms with Gasteiger partial charge in [0.2, 0.25) is 0 Å². The third-order valence-electron chi connectivity index (χ3n) is 5.43. The van der Waals surface area contributed by atoms with Crippen molar-refractivity contribution in [2.75, 3.05) is 70.6 Å². The molecule has 1 aliphatic heterocycles. The molecule has 0 atom stereocenters. The Bertz CT molecular complexity index is 914. The largest absolute Gasteiger partial charge is 0.497 e. The summed E-state index contributed by atoms with van der Waals surface area (Å²) >= 11 is 0. The molecule has 0 bridgehead atoms. The molecule has 0 aromatic heterocycles. The zero-order valence-electron chi connectivity index (χ0n) is 19.4. The quantitative estimate of drug-likeness (QED) is 0.275. The molecule has 3 rings (SSSR count). The molecule has 4 N–H and O–H groups in total. The van der Waals surface area contributed by atoms with Gasteiger partial charge in [0.25, 0.3) is 0 Å². The maximum Gasteiger partial charge on any atom is 0.322 e. The number of amides is 2. The predicted octanol–water partition coefficient (Wildman–Crippen LogP) is 3.04. The molecule has 178 valence electrons. The van der Waals surface area contributed by atoms with E-state index in [1.165, 1.54) is 0 Å². The van der Waals surface area contributed by atoms with Gasteiger partial charge in [-0.3, -0.25) is 4.90 Å². The third kappa shape index (κ3) is 8.00. The van der Waals surface area contributed by atoms with Gasteiger partial charge in [-0.25, -0.2) is 4.79 Å². The highest BCUT2D eigenvalue weighted by atomic mass is 16.5. The van der Waals surface area contributed by atoms with E-state index in [1.54, 1.807) is 18.1 Å². The van der Waals surface area contributed by atoms with Gasteiger partial charge in [0, 0.05) is 57.6 Å². The Morgan fingerprint density at radius 3 is 2.76 bits per heavy atom. The van der Waals surface area contributed by atoms with Crippen LogP contribution in [0.2, 0.25) is 0 Å². The maximum absolute atomic E-state index is 13.1. The van der Waals surface area contributed by atoms with Crippen molar-refractivity contribution in [3.8, 4) is 11.5 Å². The SMILES string of the molecule is C=C(CN1CCNCC1)CN(CCCOc1ccccc1N)C(=O)Nc1cccc(OC)c1. The van der Waals surface area contributed by atoms with Crippen molar-refractivity contribution in [3.05, 3.63) is 60.7 Å². The molecule has 1 saturated heterocycles. The number of methoxy groups -OCH3 is 1. The lowest BCUT2D eigenvalue weighted by Crippen LogP contribution is -2.45. The first kappa shape index (κ1) is 24.4. The highest BCUT2D eigenvalue weighted by Gasteiger charge is 2.17. The number of hydrogen-bond donors (Lipinski definition) is 3. The van der Waals surface area contributed by atoms with E-state index in [0.29, 0.717) is 49.0 Å². The number of carbonyl (C=O) groups excluding carboxylic acids is 1. The Morgan fingerprint density at radius 1 is 1.21 bits per heavy atom. The van der Waals surface area contributed by atoms with Crippen LogP contribution in [-0.2, 0) is 0 Å². The van der Waals surface area contributed by atoms with Gasteiger partial charge in [-0.15, -0.1) is 0 Å². The van der Waals surface area contributed by atoms with E-state index in [2.05, 4.69) is 22.1 Å². The Labute approximate surface area is 196 Å². The zero-order valence-corrected chi connectivity index (χ0v) is 19.4. The molecule has 0 unspecified atom stereocenters. The monoisotopic (exact) mass is 453 g/mol. The minimum Gasteiger partial charge on any atom is -0.497 e. The Kier molecular flexibility index (Phi) is 9.41. The van der Waals surface area contributed by atoms with Crippen molar-refractivity contribution < 1.29 is 14.3 Å². The van der Waals surface area contributed by atoms with Crippen LogP contribution in [0.4, 0.5) is 16.2 Å². The molecule has 1 fully saturated rings. The van der Waals surface area contributed by atoms with Crippen LogP contribution >= 0.6 is 0 Å². The summed E-state index contributed by atoms with van der Waals surface area (Å²) in [5, 5.41) is 6.33. The van der Waals surface area contributed by atoms with Crippen LogP contribution in [0.15, 0.2) is 60.7 Å². The molecule has 33 heavy (non-hydrogen) atoms. The summed E-state index contributed by atoms with van der Waals surface area (Å²) in [6.45, 7) is 10.4. The van der Waals surface area contributed by atoms with Gasteiger partial charge < -0.3 is 30.7 Å². The Hall–Kier alpha value is -3.23. The summed E-state index contributed by atoms with van der Waals surface area (Å²) in [6.07, 6.45) is 0.667. The number of ether oxygens (including phenoxy) is 2. The van der Waals surface area contributed by atoms with Crippen molar-refractivity contribution in [2.45, 2.75) is 6.42 Å². The highest BCUT2D eigenvalue weighted by molar-refractivity contribution is 5.89. The predicted molar refractivity (Wildman–Crippen MR) is 133 cm³/mol. The molecule has 2 aromatic carbocycles. The van der Waals surface area contributed by atoms with Crippen LogP contribution < -0.4 is 25.8 Å². The van der Waals surface area contributed by atoms with E-state index in [-0.39, 0.29) is 6.03 Å². The first-order chi connectivity index (χ1) is 16.0. The normalized spacial score (nSPS) is 13.8. The summed E-state index contributed by atoms with van der Waals surface area (Å²) < 4.78 is 11.1. The first-order valence-corrected chi connectivity index (χ1v) is 11.3. The Morgan fingerprint density at radius 2 is 2.00 bits per heavy atom. The molecule has 8 heteroatoms. The van der Waals surface area contributed by atoms with Gasteiger partial charge in [-0.2, -0.15) is 0 Å². The Balaban J connectivity index is 1.58. The fourth-order valence-corrected chi connectivity index (χ4v) is 3.71. The fraction of sp³-hybridized carbons (Fsp3) is 0.400. The van der Waals surface area contributed by atoms with Crippen LogP contribution in [-0.4, -0.2) is 75.4 Å². The summed E-state index contributed by atoms with van der Waals surface area (Å²) in [5.41, 5.74) is 8.24. The molecule has 0 radical (unpaired) electrons. The van der Waals surface area contributed by atoms with Gasteiger partial charge in [0.1, 0.15) is 11.5 Å². The molecule has 1 heterocycles. The molecule has 1 aliphatic rings. The van der Waals surface area contributed by atoms with E-state index in [4.69, 9.17) is 15.2 Å². The van der Waals surface area contributed by atoms with Crippen LogP contribution in [0, 0.1) is 0 Å². The summed E-state index contributed by atoms with van der Waals surface area (Å²) in [5.74, 6) is 1.35. The average Bonchev–Trinajstić information content (AvgIpc) is 2.82. The summed E-state index contributed by atoms with van der Waals surface area (Å²) in [7, 11) is 1.60.